The minimum atomic E-state index is -2.26. The molecular weight excluding hydrogens is 316 g/mol. The molecule has 0 aromatic heterocycles. The van der Waals surface area contributed by atoms with Crippen LogP contribution in [0.4, 0.5) is 0 Å². The fourth-order valence-electron chi connectivity index (χ4n) is 4.54. The number of ether oxygens (including phenoxy) is 1. The summed E-state index contributed by atoms with van der Waals surface area (Å²) in [6.07, 6.45) is 10.0. The summed E-state index contributed by atoms with van der Waals surface area (Å²) in [5.41, 5.74) is 1.41. The Bertz CT molecular complexity index is 734. The van der Waals surface area contributed by atoms with E-state index in [4.69, 9.17) is 9.16 Å². The molecule has 2 atom stereocenters. The third-order valence-corrected chi connectivity index (χ3v) is 10.9. The van der Waals surface area contributed by atoms with Gasteiger partial charge in [-0.2, -0.15) is 0 Å². The summed E-state index contributed by atoms with van der Waals surface area (Å²) in [6, 6.07) is 8.71. The van der Waals surface area contributed by atoms with Crippen molar-refractivity contribution >= 4 is 19.5 Å². The molecule has 2 aliphatic heterocycles. The van der Waals surface area contributed by atoms with Crippen LogP contribution in [0.5, 0.6) is 0 Å². The quantitative estimate of drug-likeness (QED) is 0.624. The van der Waals surface area contributed by atoms with Gasteiger partial charge in [0.1, 0.15) is 6.10 Å². The number of cyclic esters (lactones) is 1. The molecule has 24 heavy (non-hydrogen) atoms. The van der Waals surface area contributed by atoms with Gasteiger partial charge in [-0.25, -0.2) is 0 Å². The summed E-state index contributed by atoms with van der Waals surface area (Å²) >= 11 is 0. The highest BCUT2D eigenvalue weighted by Crippen LogP contribution is 2.48. The van der Waals surface area contributed by atoms with E-state index in [-0.39, 0.29) is 17.1 Å². The molecule has 0 N–H and O–H groups in total. The maximum absolute atomic E-state index is 11.4. The number of hydrogen-bond acceptors (Lipinski definition) is 3. The monoisotopic (exact) mass is 340 g/mol. The van der Waals surface area contributed by atoms with E-state index in [1.54, 1.807) is 0 Å². The van der Waals surface area contributed by atoms with Crippen molar-refractivity contribution < 1.29 is 14.0 Å². The second-order valence-corrected chi connectivity index (χ2v) is 11.6. The minimum Gasteiger partial charge on any atom is -0.460 e. The van der Waals surface area contributed by atoms with E-state index in [1.165, 1.54) is 15.9 Å². The zero-order valence-electron chi connectivity index (χ0n) is 14.4. The molecule has 1 aliphatic carbocycles. The first-order chi connectivity index (χ1) is 11.6. The summed E-state index contributed by atoms with van der Waals surface area (Å²) in [6.45, 7) is 5.17. The number of carbonyl (C=O) groups excluding carboxylic acids is 1. The summed E-state index contributed by atoms with van der Waals surface area (Å²) < 4.78 is 12.1. The van der Waals surface area contributed by atoms with Crippen LogP contribution in [-0.4, -0.2) is 27.0 Å². The highest BCUT2D eigenvalue weighted by molar-refractivity contribution is 6.99. The van der Waals surface area contributed by atoms with Gasteiger partial charge in [0.2, 0.25) is 0 Å². The van der Waals surface area contributed by atoms with Gasteiger partial charge >= 0.3 is 5.97 Å². The van der Waals surface area contributed by atoms with Gasteiger partial charge in [-0.15, -0.1) is 0 Å². The number of allylic oxidation sites excluding steroid dienone is 4. The molecule has 0 bridgehead atoms. The Morgan fingerprint density at radius 2 is 2.12 bits per heavy atom. The van der Waals surface area contributed by atoms with Gasteiger partial charge in [0, 0.05) is 11.5 Å². The van der Waals surface area contributed by atoms with E-state index < -0.39 is 8.32 Å². The smallest absolute Gasteiger partial charge is 0.306 e. The molecule has 0 spiro atoms. The highest BCUT2D eigenvalue weighted by atomic mass is 28.4. The van der Waals surface area contributed by atoms with Crippen LogP contribution in [0, 0.1) is 0 Å². The average Bonchev–Trinajstić information content (AvgIpc) is 3.01. The average molecular weight is 340 g/mol. The summed E-state index contributed by atoms with van der Waals surface area (Å²) in [7, 11) is -2.26. The lowest BCUT2D eigenvalue weighted by Gasteiger charge is -2.56. The highest BCUT2D eigenvalue weighted by Gasteiger charge is 2.63. The molecular formula is C20H24O3Si. The Morgan fingerprint density at radius 3 is 2.83 bits per heavy atom. The first-order valence-electron chi connectivity index (χ1n) is 8.85. The van der Waals surface area contributed by atoms with E-state index in [2.05, 4.69) is 56.3 Å². The predicted molar refractivity (Wildman–Crippen MR) is 96.4 cm³/mol. The zero-order valence-corrected chi connectivity index (χ0v) is 15.4. The fourth-order valence-corrected chi connectivity index (χ4v) is 9.84. The molecule has 1 unspecified atom stereocenters. The van der Waals surface area contributed by atoms with Gasteiger partial charge in [-0.1, -0.05) is 56.3 Å². The Balaban J connectivity index is 1.70. The Morgan fingerprint density at radius 1 is 1.29 bits per heavy atom. The Labute approximate surface area is 144 Å². The summed E-state index contributed by atoms with van der Waals surface area (Å²) in [4.78, 5) is 11.4. The lowest BCUT2D eigenvalue weighted by molar-refractivity contribution is -0.142. The van der Waals surface area contributed by atoms with Crippen molar-refractivity contribution in [2.24, 2.45) is 0 Å². The van der Waals surface area contributed by atoms with Crippen LogP contribution >= 0.6 is 0 Å². The van der Waals surface area contributed by atoms with Gasteiger partial charge in [-0.3, -0.25) is 4.79 Å². The maximum atomic E-state index is 11.4. The third-order valence-electron chi connectivity index (χ3n) is 5.78. The topological polar surface area (TPSA) is 35.5 Å². The summed E-state index contributed by atoms with van der Waals surface area (Å²) in [5.74, 6) is -0.0904. The third kappa shape index (κ3) is 2.16. The SMILES string of the molecule is CC1(C)c2ccccc2[Si]1(OC[C@@H]1CCC(=O)O1)C1=CC=CCC1. The van der Waals surface area contributed by atoms with Crippen molar-refractivity contribution in [1.82, 2.24) is 0 Å². The lowest BCUT2D eigenvalue weighted by atomic mass is 10.00. The molecule has 0 saturated carbocycles. The molecule has 4 rings (SSSR count). The van der Waals surface area contributed by atoms with Crippen LogP contribution in [0.3, 0.4) is 0 Å². The Hall–Kier alpha value is -1.65. The largest absolute Gasteiger partial charge is 0.460 e. The molecule has 3 nitrogen and oxygen atoms in total. The van der Waals surface area contributed by atoms with Gasteiger partial charge in [-0.05, 0) is 35.2 Å². The van der Waals surface area contributed by atoms with Crippen LogP contribution in [0.1, 0.15) is 45.1 Å². The van der Waals surface area contributed by atoms with Crippen molar-refractivity contribution in [1.29, 1.82) is 0 Å². The van der Waals surface area contributed by atoms with Crippen LogP contribution in [0.25, 0.3) is 0 Å². The fraction of sp³-hybridized carbons (Fsp3) is 0.450. The predicted octanol–water partition coefficient (Wildman–Crippen LogP) is 3.21. The molecule has 2 heterocycles. The lowest BCUT2D eigenvalue weighted by Crippen LogP contribution is -2.76. The second-order valence-electron chi connectivity index (χ2n) is 7.47. The number of carbonyl (C=O) groups is 1. The standard InChI is InChI=1S/C20H24O3Si/c1-20(2)17-10-6-7-11-18(17)24(20,16-8-4-3-5-9-16)22-14-15-12-13-19(21)23-15/h3-4,6-8,10-11,15H,5,9,12-14H2,1-2H3/t15-,24?/m0/s1. The number of hydrogen-bond donors (Lipinski definition) is 0. The molecule has 126 valence electrons. The van der Waals surface area contributed by atoms with Crippen molar-refractivity contribution in [3.05, 3.63) is 53.3 Å². The van der Waals surface area contributed by atoms with Gasteiger partial charge in [0.25, 0.3) is 8.32 Å². The van der Waals surface area contributed by atoms with Crippen molar-refractivity contribution in [3.8, 4) is 0 Å². The number of benzene rings is 1. The number of rotatable bonds is 4. The molecule has 1 aromatic rings. The van der Waals surface area contributed by atoms with E-state index in [1.807, 2.05) is 0 Å². The van der Waals surface area contributed by atoms with Crippen LogP contribution in [-0.2, 0) is 19.0 Å². The molecule has 1 saturated heterocycles. The number of esters is 1. The van der Waals surface area contributed by atoms with Gasteiger partial charge in [0.15, 0.2) is 0 Å². The van der Waals surface area contributed by atoms with E-state index >= 15 is 0 Å². The molecule has 3 aliphatic rings. The normalized spacial score (nSPS) is 30.3. The molecule has 1 aromatic carbocycles. The van der Waals surface area contributed by atoms with Crippen molar-refractivity contribution in [2.45, 2.75) is 50.7 Å². The molecule has 0 radical (unpaired) electrons. The maximum Gasteiger partial charge on any atom is 0.306 e. The minimum absolute atomic E-state index is 0.0449. The van der Waals surface area contributed by atoms with Crippen LogP contribution in [0.15, 0.2) is 47.7 Å². The zero-order chi connectivity index (χ0) is 16.8. The summed E-state index contributed by atoms with van der Waals surface area (Å²) in [5, 5.41) is 2.92. The Kier molecular flexibility index (Phi) is 3.77. The van der Waals surface area contributed by atoms with Gasteiger partial charge < -0.3 is 9.16 Å². The molecule has 1 fully saturated rings. The van der Waals surface area contributed by atoms with E-state index in [9.17, 15) is 4.79 Å². The first kappa shape index (κ1) is 15.9. The molecule has 0 amide bonds. The van der Waals surface area contributed by atoms with E-state index in [0.717, 1.165) is 19.3 Å². The van der Waals surface area contributed by atoms with Crippen LogP contribution in [0.2, 0.25) is 0 Å². The second kappa shape index (κ2) is 5.71. The van der Waals surface area contributed by atoms with Gasteiger partial charge in [0.05, 0.1) is 6.61 Å². The van der Waals surface area contributed by atoms with Crippen molar-refractivity contribution in [2.75, 3.05) is 6.61 Å². The molecule has 4 heteroatoms. The van der Waals surface area contributed by atoms with E-state index in [0.29, 0.717) is 13.0 Å². The van der Waals surface area contributed by atoms with Crippen molar-refractivity contribution in [3.63, 3.8) is 0 Å². The number of fused-ring (bicyclic) bond motifs is 1. The first-order valence-corrected chi connectivity index (χ1v) is 10.8. The van der Waals surface area contributed by atoms with Crippen LogP contribution < -0.4 is 5.19 Å².